The number of carboxylic acids is 1. The first-order valence-corrected chi connectivity index (χ1v) is 5.99. The minimum absolute atomic E-state index is 0.0170. The Hall–Kier alpha value is -1.16. The lowest BCUT2D eigenvalue weighted by Gasteiger charge is -2.20. The van der Waals surface area contributed by atoms with Crippen molar-refractivity contribution in [2.24, 2.45) is 5.41 Å². The summed E-state index contributed by atoms with van der Waals surface area (Å²) >= 11 is 1.42. The third-order valence-electron chi connectivity index (χ3n) is 2.38. The zero-order chi connectivity index (χ0) is 12.3. The molecule has 4 heteroatoms. The van der Waals surface area contributed by atoms with Crippen LogP contribution in [0.25, 0.3) is 0 Å². The fourth-order valence-corrected chi connectivity index (χ4v) is 2.51. The lowest BCUT2D eigenvalue weighted by molar-refractivity contribution is -0.139. The standard InChI is InChI=1S/C12H16O3S/c1-8-4-5-16-11(8)9(13)6-12(2,3)7-10(14)15/h4-5H,6-7H2,1-3H3,(H,14,15). The van der Waals surface area contributed by atoms with Crippen molar-refractivity contribution in [3.63, 3.8) is 0 Å². The average Bonchev–Trinajstić information content (AvgIpc) is 2.47. The van der Waals surface area contributed by atoms with Crippen LogP contribution >= 0.6 is 11.3 Å². The lowest BCUT2D eigenvalue weighted by atomic mass is 9.83. The van der Waals surface area contributed by atoms with Crippen molar-refractivity contribution in [1.82, 2.24) is 0 Å². The molecule has 0 aromatic carbocycles. The Balaban J connectivity index is 2.71. The van der Waals surface area contributed by atoms with E-state index in [1.807, 2.05) is 32.2 Å². The Kier molecular flexibility index (Phi) is 3.86. The van der Waals surface area contributed by atoms with E-state index in [1.54, 1.807) is 0 Å². The molecule has 0 saturated carbocycles. The number of aryl methyl sites for hydroxylation is 1. The number of rotatable bonds is 5. The van der Waals surface area contributed by atoms with Crippen molar-refractivity contribution in [3.8, 4) is 0 Å². The molecule has 0 aliphatic carbocycles. The number of thiophene rings is 1. The molecular weight excluding hydrogens is 224 g/mol. The highest BCUT2D eigenvalue weighted by atomic mass is 32.1. The van der Waals surface area contributed by atoms with Gasteiger partial charge in [0.1, 0.15) is 0 Å². The first-order valence-electron chi connectivity index (χ1n) is 5.11. The number of carbonyl (C=O) groups excluding carboxylic acids is 1. The van der Waals surface area contributed by atoms with E-state index in [1.165, 1.54) is 11.3 Å². The predicted octanol–water partition coefficient (Wildman–Crippen LogP) is 3.13. The van der Waals surface area contributed by atoms with E-state index in [0.29, 0.717) is 0 Å². The summed E-state index contributed by atoms with van der Waals surface area (Å²) in [5.74, 6) is -0.820. The summed E-state index contributed by atoms with van der Waals surface area (Å²) in [4.78, 5) is 23.3. The van der Waals surface area contributed by atoms with Gasteiger partial charge in [-0.2, -0.15) is 0 Å². The number of hydrogen-bond acceptors (Lipinski definition) is 3. The molecular formula is C12H16O3S. The Morgan fingerprint density at radius 2 is 2.00 bits per heavy atom. The minimum atomic E-state index is -0.860. The first kappa shape index (κ1) is 12.9. The molecule has 16 heavy (non-hydrogen) atoms. The van der Waals surface area contributed by atoms with Crippen LogP contribution in [0.1, 0.15) is 41.9 Å². The highest BCUT2D eigenvalue weighted by Crippen LogP contribution is 2.29. The summed E-state index contributed by atoms with van der Waals surface area (Å²) in [5.41, 5.74) is 0.487. The molecule has 1 aromatic heterocycles. The van der Waals surface area contributed by atoms with Gasteiger partial charge in [0.25, 0.3) is 0 Å². The van der Waals surface area contributed by atoms with E-state index >= 15 is 0 Å². The third kappa shape index (κ3) is 3.45. The van der Waals surface area contributed by atoms with Gasteiger partial charge in [0.15, 0.2) is 5.78 Å². The van der Waals surface area contributed by atoms with Crippen LogP contribution in [0.3, 0.4) is 0 Å². The van der Waals surface area contributed by atoms with E-state index in [9.17, 15) is 9.59 Å². The molecule has 1 heterocycles. The van der Waals surface area contributed by atoms with E-state index in [-0.39, 0.29) is 18.6 Å². The third-order valence-corrected chi connectivity index (χ3v) is 3.44. The number of ketones is 1. The Labute approximate surface area is 99.1 Å². The van der Waals surface area contributed by atoms with Crippen molar-refractivity contribution in [2.75, 3.05) is 0 Å². The molecule has 0 amide bonds. The van der Waals surface area contributed by atoms with Gasteiger partial charge in [0.05, 0.1) is 11.3 Å². The van der Waals surface area contributed by atoms with Crippen LogP contribution in [0, 0.1) is 12.3 Å². The number of carboxylic acid groups (broad SMARTS) is 1. The van der Waals surface area contributed by atoms with Gasteiger partial charge < -0.3 is 5.11 Å². The molecule has 0 aliphatic heterocycles. The van der Waals surface area contributed by atoms with Crippen LogP contribution in [0.15, 0.2) is 11.4 Å². The second-order valence-corrected chi connectivity index (χ2v) is 5.68. The van der Waals surface area contributed by atoms with Gasteiger partial charge in [-0.3, -0.25) is 9.59 Å². The maximum atomic E-state index is 11.9. The molecule has 0 aliphatic rings. The molecule has 0 fully saturated rings. The van der Waals surface area contributed by atoms with Gasteiger partial charge in [0, 0.05) is 6.42 Å². The van der Waals surface area contributed by atoms with Gasteiger partial charge in [0.2, 0.25) is 0 Å². The monoisotopic (exact) mass is 240 g/mol. The van der Waals surface area contributed by atoms with Gasteiger partial charge >= 0.3 is 5.97 Å². The van der Waals surface area contributed by atoms with Crippen molar-refractivity contribution < 1.29 is 14.7 Å². The van der Waals surface area contributed by atoms with Gasteiger partial charge in [-0.15, -0.1) is 11.3 Å². The maximum Gasteiger partial charge on any atom is 0.303 e. The Bertz CT molecular complexity index is 404. The van der Waals surface area contributed by atoms with Crippen molar-refractivity contribution >= 4 is 23.1 Å². The lowest BCUT2D eigenvalue weighted by Crippen LogP contribution is -2.21. The quantitative estimate of drug-likeness (QED) is 0.804. The van der Waals surface area contributed by atoms with Crippen molar-refractivity contribution in [3.05, 3.63) is 21.9 Å². The number of hydrogen-bond donors (Lipinski definition) is 1. The van der Waals surface area contributed by atoms with Crippen LogP contribution in [-0.2, 0) is 4.79 Å². The highest BCUT2D eigenvalue weighted by Gasteiger charge is 2.26. The smallest absolute Gasteiger partial charge is 0.303 e. The maximum absolute atomic E-state index is 11.9. The van der Waals surface area contributed by atoms with E-state index in [0.717, 1.165) is 10.4 Å². The summed E-state index contributed by atoms with van der Waals surface area (Å²) in [7, 11) is 0. The van der Waals surface area contributed by atoms with E-state index in [2.05, 4.69) is 0 Å². The fraction of sp³-hybridized carbons (Fsp3) is 0.500. The summed E-state index contributed by atoms with van der Waals surface area (Å²) in [5, 5.41) is 10.6. The molecule has 3 nitrogen and oxygen atoms in total. The number of carbonyl (C=O) groups is 2. The molecule has 0 spiro atoms. The number of aliphatic carboxylic acids is 1. The Morgan fingerprint density at radius 1 is 1.38 bits per heavy atom. The summed E-state index contributed by atoms with van der Waals surface area (Å²) in [6.07, 6.45) is 0.295. The molecule has 0 atom stereocenters. The second-order valence-electron chi connectivity index (χ2n) is 4.77. The van der Waals surface area contributed by atoms with Crippen LogP contribution in [0.5, 0.6) is 0 Å². The predicted molar refractivity (Wildman–Crippen MR) is 64.0 cm³/mol. The molecule has 0 bridgehead atoms. The van der Waals surface area contributed by atoms with Crippen LogP contribution in [-0.4, -0.2) is 16.9 Å². The summed E-state index contributed by atoms with van der Waals surface area (Å²) < 4.78 is 0. The van der Waals surface area contributed by atoms with Gasteiger partial charge in [-0.05, 0) is 29.3 Å². The SMILES string of the molecule is Cc1ccsc1C(=O)CC(C)(C)CC(=O)O. The molecule has 0 unspecified atom stereocenters. The van der Waals surface area contributed by atoms with Crippen LogP contribution in [0.2, 0.25) is 0 Å². The van der Waals surface area contributed by atoms with Crippen molar-refractivity contribution in [2.45, 2.75) is 33.6 Å². The van der Waals surface area contributed by atoms with Crippen molar-refractivity contribution in [1.29, 1.82) is 0 Å². The largest absolute Gasteiger partial charge is 0.481 e. The summed E-state index contributed by atoms with van der Waals surface area (Å²) in [6, 6.07) is 1.90. The zero-order valence-electron chi connectivity index (χ0n) is 9.74. The molecule has 0 saturated heterocycles. The molecule has 1 rings (SSSR count). The first-order chi connectivity index (χ1) is 7.32. The van der Waals surface area contributed by atoms with Gasteiger partial charge in [-0.25, -0.2) is 0 Å². The molecule has 1 N–H and O–H groups in total. The molecule has 88 valence electrons. The van der Waals surface area contributed by atoms with E-state index in [4.69, 9.17) is 5.11 Å². The topological polar surface area (TPSA) is 54.4 Å². The zero-order valence-corrected chi connectivity index (χ0v) is 10.6. The normalized spacial score (nSPS) is 11.4. The van der Waals surface area contributed by atoms with Crippen LogP contribution in [0.4, 0.5) is 0 Å². The average molecular weight is 240 g/mol. The van der Waals surface area contributed by atoms with E-state index < -0.39 is 11.4 Å². The fourth-order valence-electron chi connectivity index (χ4n) is 1.65. The highest BCUT2D eigenvalue weighted by molar-refractivity contribution is 7.12. The van der Waals surface area contributed by atoms with Gasteiger partial charge in [-0.1, -0.05) is 13.8 Å². The van der Waals surface area contributed by atoms with Crippen LogP contribution < -0.4 is 0 Å². The molecule has 1 aromatic rings. The molecule has 0 radical (unpaired) electrons. The summed E-state index contributed by atoms with van der Waals surface area (Å²) in [6.45, 7) is 5.51. The number of Topliss-reactive ketones (excluding diaryl/α,β-unsaturated/α-hetero) is 1. The Morgan fingerprint density at radius 3 is 2.44 bits per heavy atom. The second kappa shape index (κ2) is 4.78. The minimum Gasteiger partial charge on any atom is -0.481 e.